The first-order valence-electron chi connectivity index (χ1n) is 6.65. The van der Waals surface area contributed by atoms with Crippen molar-refractivity contribution in [1.29, 1.82) is 0 Å². The molecule has 1 aromatic rings. The van der Waals surface area contributed by atoms with Gasteiger partial charge in [0.05, 0.1) is 5.56 Å². The van der Waals surface area contributed by atoms with Gasteiger partial charge in [-0.25, -0.2) is 4.79 Å². The highest BCUT2D eigenvalue weighted by Crippen LogP contribution is 2.07. The Morgan fingerprint density at radius 1 is 1.35 bits per heavy atom. The number of hydrogen-bond donors (Lipinski definition) is 1. The van der Waals surface area contributed by atoms with Crippen molar-refractivity contribution in [2.45, 2.75) is 39.8 Å². The van der Waals surface area contributed by atoms with Crippen LogP contribution in [0, 0.1) is 0 Å². The quantitative estimate of drug-likeness (QED) is 0.859. The van der Waals surface area contributed by atoms with Crippen LogP contribution in [0.25, 0.3) is 0 Å². The molecule has 0 unspecified atom stereocenters. The first kappa shape index (κ1) is 16.9. The molecule has 0 aliphatic heterocycles. The SMILES string of the molecule is CC(C)N(CCNC(=O)c1coc(=O)c(Br)c1)C(C)C. The molecule has 0 aromatic carbocycles. The molecule has 0 bridgehead atoms. The number of carbonyl (C=O) groups excluding carboxylic acids is 1. The van der Waals surface area contributed by atoms with E-state index in [0.29, 0.717) is 24.2 Å². The molecule has 0 spiro atoms. The molecule has 1 heterocycles. The van der Waals surface area contributed by atoms with E-state index in [4.69, 9.17) is 4.42 Å². The van der Waals surface area contributed by atoms with Crippen LogP contribution < -0.4 is 10.9 Å². The molecule has 1 rings (SSSR count). The third kappa shape index (κ3) is 4.76. The third-order valence-electron chi connectivity index (χ3n) is 3.01. The van der Waals surface area contributed by atoms with Crippen LogP contribution in [0.4, 0.5) is 0 Å². The number of carbonyl (C=O) groups is 1. The van der Waals surface area contributed by atoms with Gasteiger partial charge in [0.15, 0.2) is 0 Å². The van der Waals surface area contributed by atoms with Gasteiger partial charge in [0.25, 0.3) is 5.91 Å². The summed E-state index contributed by atoms with van der Waals surface area (Å²) in [4.78, 5) is 25.3. The van der Waals surface area contributed by atoms with E-state index in [-0.39, 0.29) is 10.4 Å². The van der Waals surface area contributed by atoms with Crippen molar-refractivity contribution < 1.29 is 9.21 Å². The summed E-state index contributed by atoms with van der Waals surface area (Å²) in [5.74, 6) is -0.248. The number of halogens is 1. The van der Waals surface area contributed by atoms with Gasteiger partial charge in [-0.3, -0.25) is 9.69 Å². The van der Waals surface area contributed by atoms with Crippen molar-refractivity contribution in [3.63, 3.8) is 0 Å². The monoisotopic (exact) mass is 344 g/mol. The third-order valence-corrected chi connectivity index (χ3v) is 3.57. The molecule has 1 N–H and O–H groups in total. The van der Waals surface area contributed by atoms with Crippen LogP contribution in [0.5, 0.6) is 0 Å². The minimum absolute atomic E-state index is 0.246. The zero-order chi connectivity index (χ0) is 15.3. The minimum atomic E-state index is -0.493. The van der Waals surface area contributed by atoms with Gasteiger partial charge >= 0.3 is 5.63 Å². The Balaban J connectivity index is 2.55. The first-order valence-corrected chi connectivity index (χ1v) is 7.44. The molecular formula is C14H21BrN2O3. The maximum absolute atomic E-state index is 11.9. The largest absolute Gasteiger partial charge is 0.430 e. The lowest BCUT2D eigenvalue weighted by molar-refractivity contribution is 0.0937. The summed E-state index contributed by atoms with van der Waals surface area (Å²) in [5, 5.41) is 2.82. The van der Waals surface area contributed by atoms with Gasteiger partial charge in [-0.05, 0) is 49.7 Å². The Hall–Kier alpha value is -1.14. The summed E-state index contributed by atoms with van der Waals surface area (Å²) < 4.78 is 4.99. The summed E-state index contributed by atoms with van der Waals surface area (Å²) in [5.41, 5.74) is -0.163. The van der Waals surface area contributed by atoms with E-state index in [1.165, 1.54) is 12.3 Å². The lowest BCUT2D eigenvalue weighted by Crippen LogP contribution is -2.42. The molecule has 1 amide bonds. The van der Waals surface area contributed by atoms with Crippen molar-refractivity contribution in [2.75, 3.05) is 13.1 Å². The number of rotatable bonds is 6. The number of amides is 1. The van der Waals surface area contributed by atoms with Gasteiger partial charge in [0, 0.05) is 25.2 Å². The van der Waals surface area contributed by atoms with Gasteiger partial charge in [0.2, 0.25) is 0 Å². The maximum Gasteiger partial charge on any atom is 0.350 e. The molecule has 0 radical (unpaired) electrons. The van der Waals surface area contributed by atoms with E-state index in [2.05, 4.69) is 53.8 Å². The van der Waals surface area contributed by atoms with Gasteiger partial charge < -0.3 is 9.73 Å². The molecule has 1 aromatic heterocycles. The van der Waals surface area contributed by atoms with Crippen LogP contribution in [0.2, 0.25) is 0 Å². The molecule has 6 heteroatoms. The average Bonchev–Trinajstić information content (AvgIpc) is 2.36. The van der Waals surface area contributed by atoms with Crippen molar-refractivity contribution in [2.24, 2.45) is 0 Å². The summed E-state index contributed by atoms with van der Waals surface area (Å²) in [6.07, 6.45) is 1.17. The second kappa shape index (κ2) is 7.59. The molecule has 0 saturated heterocycles. The smallest absolute Gasteiger partial charge is 0.350 e. The Morgan fingerprint density at radius 2 is 1.95 bits per heavy atom. The highest BCUT2D eigenvalue weighted by Gasteiger charge is 2.14. The van der Waals surface area contributed by atoms with E-state index < -0.39 is 5.63 Å². The number of nitrogens with one attached hydrogen (secondary N) is 1. The minimum Gasteiger partial charge on any atom is -0.430 e. The summed E-state index contributed by atoms with van der Waals surface area (Å²) in [7, 11) is 0. The number of hydrogen-bond acceptors (Lipinski definition) is 4. The Morgan fingerprint density at radius 3 is 2.45 bits per heavy atom. The molecule has 0 atom stereocenters. The second-order valence-corrected chi connectivity index (χ2v) is 6.01. The fourth-order valence-electron chi connectivity index (χ4n) is 2.04. The van der Waals surface area contributed by atoms with Crippen LogP contribution in [-0.2, 0) is 0 Å². The molecule has 0 fully saturated rings. The van der Waals surface area contributed by atoms with Crippen molar-refractivity contribution in [1.82, 2.24) is 10.2 Å². The molecule has 0 saturated carbocycles. The van der Waals surface area contributed by atoms with Gasteiger partial charge in [-0.2, -0.15) is 0 Å². The van der Waals surface area contributed by atoms with Crippen LogP contribution in [0.15, 0.2) is 26.0 Å². The van der Waals surface area contributed by atoms with E-state index in [1.54, 1.807) is 0 Å². The second-order valence-electron chi connectivity index (χ2n) is 5.15. The Kier molecular flexibility index (Phi) is 6.42. The van der Waals surface area contributed by atoms with Crippen LogP contribution in [0.3, 0.4) is 0 Å². The lowest BCUT2D eigenvalue weighted by Gasteiger charge is -2.30. The maximum atomic E-state index is 11.9. The molecule has 112 valence electrons. The van der Waals surface area contributed by atoms with Gasteiger partial charge in [0.1, 0.15) is 10.7 Å². The Bertz CT molecular complexity index is 503. The first-order chi connectivity index (χ1) is 9.32. The van der Waals surface area contributed by atoms with E-state index >= 15 is 0 Å². The molecule has 5 nitrogen and oxygen atoms in total. The fourth-order valence-corrected chi connectivity index (χ4v) is 2.38. The van der Waals surface area contributed by atoms with E-state index in [0.717, 1.165) is 6.54 Å². The highest BCUT2D eigenvalue weighted by molar-refractivity contribution is 9.10. The lowest BCUT2D eigenvalue weighted by atomic mass is 10.2. The van der Waals surface area contributed by atoms with Crippen LogP contribution in [-0.4, -0.2) is 36.0 Å². The van der Waals surface area contributed by atoms with Gasteiger partial charge in [-0.1, -0.05) is 0 Å². The molecule has 0 aliphatic rings. The van der Waals surface area contributed by atoms with Crippen LogP contribution in [0.1, 0.15) is 38.1 Å². The van der Waals surface area contributed by atoms with Crippen molar-refractivity contribution >= 4 is 21.8 Å². The summed E-state index contributed by atoms with van der Waals surface area (Å²) in [6, 6.07) is 2.32. The molecular weight excluding hydrogens is 324 g/mol. The number of nitrogens with zero attached hydrogens (tertiary/aromatic N) is 1. The summed E-state index contributed by atoms with van der Waals surface area (Å²) >= 11 is 3.05. The average molecular weight is 345 g/mol. The van der Waals surface area contributed by atoms with Crippen LogP contribution >= 0.6 is 15.9 Å². The predicted molar refractivity (Wildman–Crippen MR) is 82.0 cm³/mol. The zero-order valence-electron chi connectivity index (χ0n) is 12.3. The highest BCUT2D eigenvalue weighted by atomic mass is 79.9. The van der Waals surface area contributed by atoms with E-state index in [1.807, 2.05) is 0 Å². The van der Waals surface area contributed by atoms with Crippen molar-refractivity contribution in [3.05, 3.63) is 32.8 Å². The molecule has 0 aliphatic carbocycles. The van der Waals surface area contributed by atoms with Gasteiger partial charge in [-0.15, -0.1) is 0 Å². The Labute approximate surface area is 127 Å². The topological polar surface area (TPSA) is 62.6 Å². The fraction of sp³-hybridized carbons (Fsp3) is 0.571. The normalized spacial score (nSPS) is 11.4. The van der Waals surface area contributed by atoms with E-state index in [9.17, 15) is 9.59 Å². The van der Waals surface area contributed by atoms with Crippen molar-refractivity contribution in [3.8, 4) is 0 Å². The molecule has 20 heavy (non-hydrogen) atoms. The zero-order valence-corrected chi connectivity index (χ0v) is 13.9. The predicted octanol–water partition coefficient (Wildman–Crippen LogP) is 2.25. The standard InChI is InChI=1S/C14H21BrN2O3/c1-9(2)17(10(3)4)6-5-16-13(18)11-7-12(15)14(19)20-8-11/h7-10H,5-6H2,1-4H3,(H,16,18). The summed E-state index contributed by atoms with van der Waals surface area (Å²) in [6.45, 7) is 9.84.